The number of nitrogens with zero attached hydrogens (tertiary/aromatic N) is 1. The third-order valence-corrected chi connectivity index (χ3v) is 2.83. The lowest BCUT2D eigenvalue weighted by Gasteiger charge is -2.38. The van der Waals surface area contributed by atoms with Gasteiger partial charge < -0.3 is 5.11 Å². The predicted molar refractivity (Wildman–Crippen MR) is 71.0 cm³/mol. The van der Waals surface area contributed by atoms with Gasteiger partial charge in [-0.1, -0.05) is 31.4 Å². The fourth-order valence-electron chi connectivity index (χ4n) is 1.69. The number of para-hydroxylation sites is 1. The number of rotatable bonds is 5. The summed E-state index contributed by atoms with van der Waals surface area (Å²) in [6.07, 6.45) is 3.42. The van der Waals surface area contributed by atoms with Crippen LogP contribution in [0.1, 0.15) is 0 Å². The first-order valence-electron chi connectivity index (χ1n) is 5.03. The summed E-state index contributed by atoms with van der Waals surface area (Å²) in [4.78, 5) is 0. The minimum atomic E-state index is -0.314. The Balaban J connectivity index is 3.25. The molecule has 0 spiro atoms. The molecule has 2 nitrogen and oxygen atoms in total. The van der Waals surface area contributed by atoms with Crippen LogP contribution in [0.3, 0.4) is 0 Å². The summed E-state index contributed by atoms with van der Waals surface area (Å²) in [5.41, 5.74) is 0.877. The highest BCUT2D eigenvalue weighted by atomic mass is 32.1. The molecule has 0 radical (unpaired) electrons. The quantitative estimate of drug-likeness (QED) is 0.441. The maximum absolute atomic E-state index is 11.7. The SMILES string of the molecule is C=CC[N+](CC=C)(C([O-])=S)c1ccccc1. The number of hydrogen-bond acceptors (Lipinski definition) is 2. The third-order valence-electron chi connectivity index (χ3n) is 2.48. The second kappa shape index (κ2) is 5.58. The Morgan fingerprint density at radius 3 is 2.06 bits per heavy atom. The van der Waals surface area contributed by atoms with E-state index < -0.39 is 0 Å². The van der Waals surface area contributed by atoms with Crippen molar-refractivity contribution in [1.82, 2.24) is 4.48 Å². The molecule has 0 aliphatic heterocycles. The Morgan fingerprint density at radius 2 is 1.69 bits per heavy atom. The van der Waals surface area contributed by atoms with Crippen molar-refractivity contribution in [3.8, 4) is 0 Å². The van der Waals surface area contributed by atoms with E-state index >= 15 is 0 Å². The van der Waals surface area contributed by atoms with Crippen molar-refractivity contribution >= 4 is 23.1 Å². The molecule has 0 N–H and O–H groups in total. The van der Waals surface area contributed by atoms with Gasteiger partial charge in [0, 0.05) is 0 Å². The first kappa shape index (κ1) is 12.6. The molecule has 16 heavy (non-hydrogen) atoms. The average Bonchev–Trinajstić information content (AvgIpc) is 2.29. The van der Waals surface area contributed by atoms with Gasteiger partial charge in [-0.3, -0.25) is 4.48 Å². The van der Waals surface area contributed by atoms with Gasteiger partial charge in [-0.15, -0.1) is 0 Å². The normalized spacial score (nSPS) is 10.8. The Hall–Kier alpha value is -1.45. The molecule has 0 fully saturated rings. The topological polar surface area (TPSA) is 23.1 Å². The highest BCUT2D eigenvalue weighted by molar-refractivity contribution is 7.79. The molecule has 1 rings (SSSR count). The van der Waals surface area contributed by atoms with E-state index in [0.29, 0.717) is 13.1 Å². The molecule has 1 aromatic carbocycles. The van der Waals surface area contributed by atoms with Crippen LogP contribution in [0.2, 0.25) is 0 Å². The highest BCUT2D eigenvalue weighted by Crippen LogP contribution is 2.22. The maximum Gasteiger partial charge on any atom is 0.144 e. The fraction of sp³-hybridized carbons (Fsp3) is 0.154. The Bertz CT molecular complexity index is 376. The van der Waals surface area contributed by atoms with Crippen LogP contribution >= 0.6 is 12.2 Å². The summed E-state index contributed by atoms with van der Waals surface area (Å²) >= 11 is 4.86. The summed E-state index contributed by atoms with van der Waals surface area (Å²) in [5, 5.41) is 11.4. The molecule has 0 amide bonds. The van der Waals surface area contributed by atoms with Crippen molar-refractivity contribution in [3.05, 3.63) is 55.6 Å². The molecule has 0 saturated carbocycles. The molecule has 0 aromatic heterocycles. The Kier molecular flexibility index (Phi) is 4.40. The lowest BCUT2D eigenvalue weighted by molar-refractivity contribution is -0.225. The summed E-state index contributed by atoms with van der Waals surface area (Å²) in [6.45, 7) is 8.34. The highest BCUT2D eigenvalue weighted by Gasteiger charge is 2.27. The van der Waals surface area contributed by atoms with Gasteiger partial charge in [0.25, 0.3) is 0 Å². The summed E-state index contributed by atoms with van der Waals surface area (Å²) in [6, 6.07) is 9.50. The van der Waals surface area contributed by atoms with Crippen molar-refractivity contribution < 1.29 is 5.11 Å². The standard InChI is InChI=1S/C13H15NOS/c1-3-10-14(11-4-2,13(15)16)12-8-6-5-7-9-12/h3-9H,1-2,10-11H2. The van der Waals surface area contributed by atoms with Crippen LogP contribution in [0.4, 0.5) is 5.69 Å². The molecule has 1 aromatic rings. The number of thiocarbonyl (C=S) groups is 1. The second-order valence-corrected chi connectivity index (χ2v) is 3.86. The molecule has 0 atom stereocenters. The first-order valence-corrected chi connectivity index (χ1v) is 5.44. The smallest absolute Gasteiger partial charge is 0.144 e. The van der Waals surface area contributed by atoms with E-state index in [1.807, 2.05) is 30.3 Å². The third kappa shape index (κ3) is 2.38. The summed E-state index contributed by atoms with van der Waals surface area (Å²) < 4.78 is 0.0726. The largest absolute Gasteiger partial charge is 0.822 e. The van der Waals surface area contributed by atoms with Crippen LogP contribution in [0.25, 0.3) is 0 Å². The zero-order chi connectivity index (χ0) is 12.0. The number of benzene rings is 1. The lowest BCUT2D eigenvalue weighted by atomic mass is 10.2. The molecule has 0 heterocycles. The predicted octanol–water partition coefficient (Wildman–Crippen LogP) is 2.01. The molecule has 0 unspecified atom stereocenters. The van der Waals surface area contributed by atoms with E-state index in [-0.39, 0.29) is 9.66 Å². The van der Waals surface area contributed by atoms with Gasteiger partial charge >= 0.3 is 0 Å². The molecule has 84 valence electrons. The van der Waals surface area contributed by atoms with Crippen LogP contribution in [0.15, 0.2) is 55.6 Å². The van der Waals surface area contributed by atoms with Gasteiger partial charge in [-0.25, -0.2) is 0 Å². The van der Waals surface area contributed by atoms with Crippen LogP contribution < -0.4 is 9.59 Å². The van der Waals surface area contributed by atoms with Gasteiger partial charge in [0.05, 0.1) is 0 Å². The van der Waals surface area contributed by atoms with Crippen molar-refractivity contribution in [1.29, 1.82) is 0 Å². The van der Waals surface area contributed by atoms with Gasteiger partial charge in [-0.2, -0.15) is 0 Å². The van der Waals surface area contributed by atoms with Crippen molar-refractivity contribution in [2.24, 2.45) is 0 Å². The Labute approximate surface area is 102 Å². The van der Waals surface area contributed by atoms with E-state index in [2.05, 4.69) is 13.2 Å². The van der Waals surface area contributed by atoms with Crippen molar-refractivity contribution in [3.63, 3.8) is 0 Å². The molecule has 0 saturated heterocycles. The van der Waals surface area contributed by atoms with E-state index in [1.165, 1.54) is 0 Å². The zero-order valence-electron chi connectivity index (χ0n) is 9.13. The second-order valence-electron chi connectivity index (χ2n) is 3.51. The summed E-state index contributed by atoms with van der Waals surface area (Å²) in [5.74, 6) is 0. The van der Waals surface area contributed by atoms with Crippen LogP contribution in [-0.4, -0.2) is 18.3 Å². The molecule has 3 heteroatoms. The first-order chi connectivity index (χ1) is 7.67. The van der Waals surface area contributed by atoms with Gasteiger partial charge in [0.2, 0.25) is 0 Å². The van der Waals surface area contributed by atoms with Gasteiger partial charge in [-0.05, 0) is 36.5 Å². The van der Waals surface area contributed by atoms with Crippen molar-refractivity contribution in [2.45, 2.75) is 0 Å². The average molecular weight is 233 g/mol. The van der Waals surface area contributed by atoms with Crippen LogP contribution in [-0.2, 0) is 0 Å². The molecular formula is C13H15NOS. The van der Waals surface area contributed by atoms with E-state index in [4.69, 9.17) is 12.2 Å². The molecule has 0 aliphatic carbocycles. The van der Waals surface area contributed by atoms with E-state index in [0.717, 1.165) is 5.69 Å². The van der Waals surface area contributed by atoms with E-state index in [1.54, 1.807) is 12.2 Å². The minimum Gasteiger partial charge on any atom is -0.822 e. The van der Waals surface area contributed by atoms with E-state index in [9.17, 15) is 5.11 Å². The van der Waals surface area contributed by atoms with Crippen molar-refractivity contribution in [2.75, 3.05) is 13.1 Å². The monoisotopic (exact) mass is 233 g/mol. The molecule has 0 bridgehead atoms. The van der Waals surface area contributed by atoms with Crippen LogP contribution in [0, 0.1) is 0 Å². The van der Waals surface area contributed by atoms with Gasteiger partial charge in [0.15, 0.2) is 0 Å². The van der Waals surface area contributed by atoms with Crippen LogP contribution in [0.5, 0.6) is 0 Å². The number of quaternary nitrogens is 1. The van der Waals surface area contributed by atoms with Gasteiger partial charge in [0.1, 0.15) is 24.0 Å². The Morgan fingerprint density at radius 1 is 1.19 bits per heavy atom. The number of hydrogen-bond donors (Lipinski definition) is 0. The lowest BCUT2D eigenvalue weighted by Crippen LogP contribution is -2.58. The molecule has 0 aliphatic rings. The minimum absolute atomic E-state index is 0.0726. The fourth-order valence-corrected chi connectivity index (χ4v) is 1.95. The zero-order valence-corrected chi connectivity index (χ0v) is 9.95. The summed E-state index contributed by atoms with van der Waals surface area (Å²) in [7, 11) is 0. The molecular weight excluding hydrogens is 218 g/mol. The maximum atomic E-state index is 11.7.